The predicted molar refractivity (Wildman–Crippen MR) is 131 cm³/mol. The van der Waals surface area contributed by atoms with Gasteiger partial charge in [-0.15, -0.1) is 0 Å². The highest BCUT2D eigenvalue weighted by Crippen LogP contribution is 2.37. The Bertz CT molecular complexity index is 1480. The maximum Gasteiger partial charge on any atom is 0.322 e. The van der Waals surface area contributed by atoms with Gasteiger partial charge < -0.3 is 15.0 Å². The van der Waals surface area contributed by atoms with Gasteiger partial charge in [0.2, 0.25) is 0 Å². The van der Waals surface area contributed by atoms with Crippen molar-refractivity contribution in [1.29, 1.82) is 0 Å². The van der Waals surface area contributed by atoms with E-state index in [2.05, 4.69) is 33.0 Å². The van der Waals surface area contributed by atoms with Gasteiger partial charge in [-0.1, -0.05) is 30.3 Å². The Kier molecular flexibility index (Phi) is 4.89. The van der Waals surface area contributed by atoms with Gasteiger partial charge in [-0.05, 0) is 59.0 Å². The smallest absolute Gasteiger partial charge is 0.322 e. The first-order valence-corrected chi connectivity index (χ1v) is 11.6. The largest absolute Gasteiger partial charge is 0.497 e. The van der Waals surface area contributed by atoms with E-state index in [-0.39, 0.29) is 12.5 Å². The topological polar surface area (TPSA) is 112 Å². The normalized spacial score (nSPS) is 19.8. The van der Waals surface area contributed by atoms with Gasteiger partial charge in [-0.3, -0.25) is 14.9 Å². The van der Waals surface area contributed by atoms with Gasteiger partial charge in [0.25, 0.3) is 11.8 Å². The fourth-order valence-electron chi connectivity index (χ4n) is 5.19. The Hall–Kier alpha value is -4.53. The van der Waals surface area contributed by atoms with Crippen LogP contribution in [0.5, 0.6) is 5.75 Å². The lowest BCUT2D eigenvalue weighted by Crippen LogP contribution is -2.52. The van der Waals surface area contributed by atoms with Crippen molar-refractivity contribution < 1.29 is 19.1 Å². The summed E-state index contributed by atoms with van der Waals surface area (Å²) in [7, 11) is 1.55. The monoisotopic (exact) mass is 481 g/mol. The molecule has 3 aliphatic rings. The molecular formula is C27H23N5O4. The predicted octanol–water partition coefficient (Wildman–Crippen LogP) is 3.96. The van der Waals surface area contributed by atoms with Crippen molar-refractivity contribution in [1.82, 2.24) is 15.5 Å². The van der Waals surface area contributed by atoms with Crippen LogP contribution in [0.2, 0.25) is 0 Å². The molecule has 0 aliphatic carbocycles. The van der Waals surface area contributed by atoms with Crippen LogP contribution in [0.15, 0.2) is 64.8 Å². The Morgan fingerprint density at radius 2 is 1.81 bits per heavy atom. The lowest BCUT2D eigenvalue weighted by atomic mass is 9.87. The SMILES string of the molecule is COc1ccc2c(c1)C(=O)N(C[C@@]1(c3ccc(-c4cc(C)c5c(c4)CN=N5)cc3)NC(=O)NC1=O)C2. The van der Waals surface area contributed by atoms with Gasteiger partial charge in [-0.2, -0.15) is 10.2 Å². The molecule has 0 spiro atoms. The number of amides is 4. The number of hydrogen-bond acceptors (Lipinski definition) is 6. The first kappa shape index (κ1) is 22.0. The number of nitrogens with zero attached hydrogens (tertiary/aromatic N) is 3. The molecule has 0 bridgehead atoms. The third kappa shape index (κ3) is 3.35. The lowest BCUT2D eigenvalue weighted by Gasteiger charge is -2.31. The summed E-state index contributed by atoms with van der Waals surface area (Å²) in [6.45, 7) is 2.91. The van der Waals surface area contributed by atoms with Gasteiger partial charge in [0, 0.05) is 17.7 Å². The Morgan fingerprint density at radius 3 is 2.53 bits per heavy atom. The molecule has 0 radical (unpaired) electrons. The van der Waals surface area contributed by atoms with E-state index >= 15 is 0 Å². The number of carbonyl (C=O) groups excluding carboxylic acids is 3. The quantitative estimate of drug-likeness (QED) is 0.537. The summed E-state index contributed by atoms with van der Waals surface area (Å²) in [5.41, 5.74) is 5.63. The van der Waals surface area contributed by atoms with Crippen LogP contribution in [-0.2, 0) is 23.4 Å². The number of aryl methyl sites for hydroxylation is 1. The molecule has 1 atom stereocenters. The molecule has 3 aromatic carbocycles. The number of fused-ring (bicyclic) bond motifs is 2. The molecule has 0 saturated carbocycles. The summed E-state index contributed by atoms with van der Waals surface area (Å²) < 4.78 is 5.25. The highest BCUT2D eigenvalue weighted by atomic mass is 16.5. The fourth-order valence-corrected chi connectivity index (χ4v) is 5.19. The van der Waals surface area contributed by atoms with E-state index in [4.69, 9.17) is 4.74 Å². The van der Waals surface area contributed by atoms with Crippen molar-refractivity contribution in [3.63, 3.8) is 0 Å². The summed E-state index contributed by atoms with van der Waals surface area (Å²) >= 11 is 0. The second-order valence-electron chi connectivity index (χ2n) is 9.28. The molecule has 2 N–H and O–H groups in total. The van der Waals surface area contributed by atoms with E-state index in [0.29, 0.717) is 30.0 Å². The van der Waals surface area contributed by atoms with E-state index in [1.165, 1.54) is 0 Å². The molecule has 36 heavy (non-hydrogen) atoms. The van der Waals surface area contributed by atoms with Crippen molar-refractivity contribution in [2.45, 2.75) is 25.6 Å². The Labute approximate surface area is 207 Å². The third-order valence-corrected chi connectivity index (χ3v) is 7.07. The van der Waals surface area contributed by atoms with Gasteiger partial charge in [0.05, 0.1) is 25.9 Å². The summed E-state index contributed by atoms with van der Waals surface area (Å²) in [4.78, 5) is 40.2. The van der Waals surface area contributed by atoms with E-state index in [9.17, 15) is 14.4 Å². The van der Waals surface area contributed by atoms with Gasteiger partial charge in [0.1, 0.15) is 5.75 Å². The number of benzene rings is 3. The molecule has 1 saturated heterocycles. The van der Waals surface area contributed by atoms with Crippen molar-refractivity contribution in [3.05, 3.63) is 82.4 Å². The molecule has 3 aliphatic heterocycles. The van der Waals surface area contributed by atoms with Crippen LogP contribution in [0.4, 0.5) is 10.5 Å². The zero-order valence-corrected chi connectivity index (χ0v) is 19.8. The molecule has 3 aromatic rings. The standard InChI is InChI=1S/C27H23N5O4/c1-15-9-18(10-19-12-28-31-23(15)19)16-3-6-20(7-4-16)27(25(34)29-26(35)30-27)14-32-13-17-5-8-21(36-2)11-22(17)24(32)33/h3-11H,12-14H2,1-2H3,(H2,29,30,34,35)/t27-/m0/s1. The molecule has 9 nitrogen and oxygen atoms in total. The van der Waals surface area contributed by atoms with Gasteiger partial charge in [0.15, 0.2) is 5.54 Å². The van der Waals surface area contributed by atoms with Crippen molar-refractivity contribution in [2.75, 3.05) is 13.7 Å². The second-order valence-corrected chi connectivity index (χ2v) is 9.28. The number of rotatable bonds is 5. The number of hydrogen-bond donors (Lipinski definition) is 2. The van der Waals surface area contributed by atoms with Crippen LogP contribution in [-0.4, -0.2) is 36.4 Å². The van der Waals surface area contributed by atoms with E-state index in [0.717, 1.165) is 33.5 Å². The zero-order valence-electron chi connectivity index (χ0n) is 19.8. The number of nitrogens with one attached hydrogen (secondary N) is 2. The minimum atomic E-state index is -1.40. The summed E-state index contributed by atoms with van der Waals surface area (Å²) in [5, 5.41) is 13.5. The average molecular weight is 482 g/mol. The lowest BCUT2D eigenvalue weighted by molar-refractivity contribution is -0.124. The Morgan fingerprint density at radius 1 is 1.00 bits per heavy atom. The number of imide groups is 1. The summed E-state index contributed by atoms with van der Waals surface area (Å²) in [5.74, 6) is -0.109. The van der Waals surface area contributed by atoms with Crippen LogP contribution >= 0.6 is 0 Å². The maximum absolute atomic E-state index is 13.2. The highest BCUT2D eigenvalue weighted by molar-refractivity contribution is 6.08. The molecular weight excluding hydrogens is 458 g/mol. The number of urea groups is 1. The molecule has 0 aromatic heterocycles. The molecule has 0 unspecified atom stereocenters. The number of ether oxygens (including phenoxy) is 1. The fraction of sp³-hybridized carbons (Fsp3) is 0.222. The van der Waals surface area contributed by atoms with Crippen LogP contribution in [0.3, 0.4) is 0 Å². The number of carbonyl (C=O) groups is 3. The molecule has 4 amide bonds. The molecule has 3 heterocycles. The van der Waals surface area contributed by atoms with Gasteiger partial charge in [-0.25, -0.2) is 4.79 Å². The molecule has 180 valence electrons. The summed E-state index contributed by atoms with van der Waals surface area (Å²) in [6.07, 6.45) is 0. The Balaban J connectivity index is 1.33. The van der Waals surface area contributed by atoms with Crippen LogP contribution in [0, 0.1) is 6.92 Å². The first-order valence-electron chi connectivity index (χ1n) is 11.6. The van der Waals surface area contributed by atoms with Crippen molar-refractivity contribution in [3.8, 4) is 16.9 Å². The molecule has 1 fully saturated rings. The van der Waals surface area contributed by atoms with E-state index in [1.54, 1.807) is 24.1 Å². The van der Waals surface area contributed by atoms with Crippen LogP contribution in [0.1, 0.15) is 32.6 Å². The zero-order chi connectivity index (χ0) is 25.0. The third-order valence-electron chi connectivity index (χ3n) is 7.07. The van der Waals surface area contributed by atoms with E-state index in [1.807, 2.05) is 37.3 Å². The molecule has 6 rings (SSSR count). The molecule has 9 heteroatoms. The minimum absolute atomic E-state index is 0.000705. The van der Waals surface area contributed by atoms with Crippen LogP contribution in [0.25, 0.3) is 11.1 Å². The minimum Gasteiger partial charge on any atom is -0.497 e. The van der Waals surface area contributed by atoms with Gasteiger partial charge >= 0.3 is 6.03 Å². The maximum atomic E-state index is 13.2. The van der Waals surface area contributed by atoms with Crippen molar-refractivity contribution >= 4 is 23.5 Å². The second kappa shape index (κ2) is 8.01. The van der Waals surface area contributed by atoms with Crippen molar-refractivity contribution in [2.24, 2.45) is 10.2 Å². The highest BCUT2D eigenvalue weighted by Gasteiger charge is 2.50. The number of azo groups is 1. The average Bonchev–Trinajstić information content (AvgIpc) is 3.56. The number of methoxy groups -OCH3 is 1. The van der Waals surface area contributed by atoms with Crippen LogP contribution < -0.4 is 15.4 Å². The first-order chi connectivity index (χ1) is 17.4. The summed E-state index contributed by atoms with van der Waals surface area (Å²) in [6, 6.07) is 16.4. The van der Waals surface area contributed by atoms with E-state index < -0.39 is 17.5 Å².